The molecule has 0 radical (unpaired) electrons. The van der Waals surface area contributed by atoms with E-state index in [1.165, 1.54) is 0 Å². The topological polar surface area (TPSA) is 50.4 Å². The van der Waals surface area contributed by atoms with E-state index < -0.39 is 5.60 Å². The van der Waals surface area contributed by atoms with Crippen molar-refractivity contribution < 1.29 is 9.53 Å². The number of halogens is 1. The van der Waals surface area contributed by atoms with Crippen molar-refractivity contribution in [3.63, 3.8) is 0 Å². The van der Waals surface area contributed by atoms with Gasteiger partial charge >= 0.3 is 6.09 Å². The molecule has 16 heavy (non-hydrogen) atoms. The fourth-order valence-electron chi connectivity index (χ4n) is 1.33. The zero-order valence-corrected chi connectivity index (χ0v) is 12.9. The summed E-state index contributed by atoms with van der Waals surface area (Å²) in [5.41, 5.74) is -0.440. The molecule has 0 aromatic heterocycles. The Kier molecular flexibility index (Phi) is 7.30. The highest BCUT2D eigenvalue weighted by molar-refractivity contribution is 14.1. The molecule has 0 aliphatic carbocycles. The summed E-state index contributed by atoms with van der Waals surface area (Å²) in [6.07, 6.45) is 0.597. The van der Waals surface area contributed by atoms with Crippen LogP contribution < -0.4 is 8.85 Å². The standard InChI is InChI=1S/C11H23IN2O2/c1-8(2)6-9(7-13-12)14-10(15)16-11(3,4)5/h8-9,13H,6-7H2,1-5H3,(H,14,15)/t9-/m1/s1. The SMILES string of the molecule is CC(C)C[C@H](CNI)NC(=O)OC(C)(C)C. The summed E-state index contributed by atoms with van der Waals surface area (Å²) in [6.45, 7) is 10.6. The van der Waals surface area contributed by atoms with Gasteiger partial charge in [0.2, 0.25) is 0 Å². The van der Waals surface area contributed by atoms with Gasteiger partial charge in [-0.1, -0.05) is 13.8 Å². The van der Waals surface area contributed by atoms with Crippen molar-refractivity contribution >= 4 is 29.0 Å². The molecule has 0 saturated carbocycles. The maximum absolute atomic E-state index is 11.6. The minimum atomic E-state index is -0.440. The number of alkyl carbamates (subject to hydrolysis) is 1. The predicted molar refractivity (Wildman–Crippen MR) is 74.6 cm³/mol. The average molecular weight is 342 g/mol. The lowest BCUT2D eigenvalue weighted by molar-refractivity contribution is 0.0500. The summed E-state index contributed by atoms with van der Waals surface area (Å²) in [5.74, 6) is 0.546. The first-order chi connectivity index (χ1) is 7.24. The lowest BCUT2D eigenvalue weighted by atomic mass is 10.0. The third-order valence-electron chi connectivity index (χ3n) is 1.80. The van der Waals surface area contributed by atoms with Gasteiger partial charge in [-0.25, -0.2) is 4.79 Å². The van der Waals surface area contributed by atoms with Gasteiger partial charge < -0.3 is 10.1 Å². The highest BCUT2D eigenvalue weighted by Gasteiger charge is 2.19. The van der Waals surface area contributed by atoms with E-state index in [0.29, 0.717) is 5.92 Å². The van der Waals surface area contributed by atoms with Crippen LogP contribution in [0.3, 0.4) is 0 Å². The molecule has 0 aromatic carbocycles. The molecule has 0 spiro atoms. The molecule has 0 fully saturated rings. The fourth-order valence-corrected chi connectivity index (χ4v) is 1.86. The largest absolute Gasteiger partial charge is 0.444 e. The molecule has 0 unspecified atom stereocenters. The second-order valence-corrected chi connectivity index (χ2v) is 6.07. The second kappa shape index (κ2) is 7.32. The van der Waals surface area contributed by atoms with Gasteiger partial charge in [0.05, 0.1) is 0 Å². The van der Waals surface area contributed by atoms with Gasteiger partial charge in [0.15, 0.2) is 0 Å². The molecule has 0 heterocycles. The van der Waals surface area contributed by atoms with E-state index in [9.17, 15) is 4.79 Å². The van der Waals surface area contributed by atoms with Crippen molar-refractivity contribution in [3.8, 4) is 0 Å². The van der Waals surface area contributed by atoms with Gasteiger partial charge in [-0.15, -0.1) is 0 Å². The number of rotatable bonds is 5. The average Bonchev–Trinajstić information content (AvgIpc) is 1.98. The van der Waals surface area contributed by atoms with Crippen molar-refractivity contribution in [2.45, 2.75) is 52.7 Å². The number of hydrogen-bond acceptors (Lipinski definition) is 3. The molecule has 4 nitrogen and oxygen atoms in total. The Morgan fingerprint density at radius 3 is 2.31 bits per heavy atom. The zero-order valence-electron chi connectivity index (χ0n) is 10.8. The Balaban J connectivity index is 4.12. The van der Waals surface area contributed by atoms with Crippen molar-refractivity contribution in [1.82, 2.24) is 8.85 Å². The number of carbonyl (C=O) groups is 1. The molecular weight excluding hydrogens is 319 g/mol. The summed E-state index contributed by atoms with van der Waals surface area (Å²) < 4.78 is 8.26. The molecular formula is C11H23IN2O2. The van der Waals surface area contributed by atoms with E-state index in [1.54, 1.807) is 0 Å². The van der Waals surface area contributed by atoms with Crippen LogP contribution in [0.4, 0.5) is 4.79 Å². The summed E-state index contributed by atoms with van der Waals surface area (Å²) >= 11 is 2.08. The molecule has 2 N–H and O–H groups in total. The van der Waals surface area contributed by atoms with Crippen molar-refractivity contribution in [2.75, 3.05) is 6.54 Å². The Hall–Kier alpha value is -0.0400. The summed E-state index contributed by atoms with van der Waals surface area (Å²) in [4.78, 5) is 11.6. The number of nitrogens with one attached hydrogen (secondary N) is 2. The highest BCUT2D eigenvalue weighted by Crippen LogP contribution is 2.09. The number of ether oxygens (including phenoxy) is 1. The first kappa shape index (κ1) is 16.0. The smallest absolute Gasteiger partial charge is 0.407 e. The highest BCUT2D eigenvalue weighted by atomic mass is 127. The number of amides is 1. The van der Waals surface area contributed by atoms with Gasteiger partial charge in [0.25, 0.3) is 0 Å². The Morgan fingerprint density at radius 1 is 1.38 bits per heavy atom. The number of carbonyl (C=O) groups excluding carboxylic acids is 1. The quantitative estimate of drug-likeness (QED) is 0.597. The predicted octanol–water partition coefficient (Wildman–Crippen LogP) is 2.87. The lowest BCUT2D eigenvalue weighted by Gasteiger charge is -2.24. The van der Waals surface area contributed by atoms with Gasteiger partial charge in [-0.2, -0.15) is 0 Å². The molecule has 0 rings (SSSR count). The molecule has 0 aromatic rings. The summed E-state index contributed by atoms with van der Waals surface area (Å²) in [5, 5.41) is 2.88. The first-order valence-corrected chi connectivity index (χ1v) is 6.65. The van der Waals surface area contributed by atoms with Crippen LogP contribution in [0, 0.1) is 5.92 Å². The third-order valence-corrected chi connectivity index (χ3v) is 2.24. The molecule has 0 saturated heterocycles. The van der Waals surface area contributed by atoms with Gasteiger partial charge in [-0.05, 0) is 33.1 Å². The van der Waals surface area contributed by atoms with E-state index >= 15 is 0 Å². The van der Waals surface area contributed by atoms with Crippen LogP contribution >= 0.6 is 22.9 Å². The maximum atomic E-state index is 11.6. The van der Waals surface area contributed by atoms with Crippen LogP contribution in [0.1, 0.15) is 41.0 Å². The van der Waals surface area contributed by atoms with Crippen LogP contribution in [0.15, 0.2) is 0 Å². The second-order valence-electron chi connectivity index (χ2n) is 5.31. The summed E-state index contributed by atoms with van der Waals surface area (Å²) in [7, 11) is 0. The zero-order chi connectivity index (χ0) is 12.8. The van der Waals surface area contributed by atoms with Crippen LogP contribution in [-0.4, -0.2) is 24.3 Å². The molecule has 1 atom stereocenters. The summed E-state index contributed by atoms with van der Waals surface area (Å²) in [6, 6.07) is 0.117. The van der Waals surface area contributed by atoms with E-state index in [-0.39, 0.29) is 12.1 Å². The molecule has 0 aliphatic rings. The van der Waals surface area contributed by atoms with E-state index in [0.717, 1.165) is 13.0 Å². The van der Waals surface area contributed by atoms with E-state index in [1.807, 2.05) is 20.8 Å². The van der Waals surface area contributed by atoms with Crippen molar-refractivity contribution in [1.29, 1.82) is 0 Å². The third kappa shape index (κ3) is 9.21. The molecule has 5 heteroatoms. The Morgan fingerprint density at radius 2 is 1.94 bits per heavy atom. The minimum absolute atomic E-state index is 0.117. The molecule has 0 aliphatic heterocycles. The number of hydrogen-bond donors (Lipinski definition) is 2. The first-order valence-electron chi connectivity index (χ1n) is 5.57. The monoisotopic (exact) mass is 342 g/mol. The molecule has 96 valence electrons. The Bertz CT molecular complexity index is 215. The van der Waals surface area contributed by atoms with E-state index in [4.69, 9.17) is 4.74 Å². The minimum Gasteiger partial charge on any atom is -0.444 e. The Labute approximate surface area is 112 Å². The van der Waals surface area contributed by atoms with Crippen LogP contribution in [0.2, 0.25) is 0 Å². The van der Waals surface area contributed by atoms with Gasteiger partial charge in [0.1, 0.15) is 5.60 Å². The van der Waals surface area contributed by atoms with Crippen LogP contribution in [0.5, 0.6) is 0 Å². The van der Waals surface area contributed by atoms with Gasteiger partial charge in [-0.3, -0.25) is 3.53 Å². The van der Waals surface area contributed by atoms with Gasteiger partial charge in [0, 0.05) is 35.5 Å². The van der Waals surface area contributed by atoms with Crippen LogP contribution in [0.25, 0.3) is 0 Å². The lowest BCUT2D eigenvalue weighted by Crippen LogP contribution is -2.43. The molecule has 1 amide bonds. The van der Waals surface area contributed by atoms with Crippen LogP contribution in [-0.2, 0) is 4.74 Å². The van der Waals surface area contributed by atoms with Crippen molar-refractivity contribution in [2.24, 2.45) is 5.92 Å². The van der Waals surface area contributed by atoms with E-state index in [2.05, 4.69) is 45.6 Å². The fraction of sp³-hybridized carbons (Fsp3) is 0.909. The normalized spacial score (nSPS) is 13.7. The van der Waals surface area contributed by atoms with Crippen molar-refractivity contribution in [3.05, 3.63) is 0 Å². The maximum Gasteiger partial charge on any atom is 0.407 e. The molecule has 0 bridgehead atoms.